The molecule has 0 spiro atoms. The van der Waals surface area contributed by atoms with E-state index in [1.807, 2.05) is 11.9 Å². The lowest BCUT2D eigenvalue weighted by atomic mass is 9.99. The molecular formula is C16H16F3N5. The molecule has 0 amide bonds. The van der Waals surface area contributed by atoms with Gasteiger partial charge in [0.2, 0.25) is 0 Å². The number of aryl methyl sites for hydroxylation is 1. The number of rotatable bonds is 3. The molecule has 0 saturated carbocycles. The molecule has 0 fully saturated rings. The Morgan fingerprint density at radius 2 is 2.25 bits per heavy atom. The molecule has 0 bridgehead atoms. The van der Waals surface area contributed by atoms with Crippen molar-refractivity contribution in [1.82, 2.24) is 14.5 Å². The van der Waals surface area contributed by atoms with E-state index in [0.717, 1.165) is 12.6 Å². The zero-order chi connectivity index (χ0) is 17.3. The summed E-state index contributed by atoms with van der Waals surface area (Å²) in [7, 11) is 1.84. The Kier molecular flexibility index (Phi) is 4.18. The summed E-state index contributed by atoms with van der Waals surface area (Å²) in [5, 5.41) is 9.15. The number of fused-ring (bicyclic) bond motifs is 1. The maximum Gasteiger partial charge on any atom is 0.434 e. The molecule has 8 heteroatoms. The summed E-state index contributed by atoms with van der Waals surface area (Å²) in [6, 6.07) is 5.50. The zero-order valence-electron chi connectivity index (χ0n) is 13.1. The molecule has 3 heterocycles. The smallest absolute Gasteiger partial charge is 0.358 e. The van der Waals surface area contributed by atoms with Gasteiger partial charge < -0.3 is 9.47 Å². The first kappa shape index (κ1) is 16.3. The second-order valence-electron chi connectivity index (χ2n) is 5.96. The van der Waals surface area contributed by atoms with Gasteiger partial charge in [0.15, 0.2) is 5.69 Å². The van der Waals surface area contributed by atoms with Gasteiger partial charge in [-0.05, 0) is 24.5 Å². The van der Waals surface area contributed by atoms with Crippen molar-refractivity contribution in [2.75, 3.05) is 18.5 Å². The minimum Gasteiger partial charge on any atom is -0.358 e. The van der Waals surface area contributed by atoms with Gasteiger partial charge in [-0.1, -0.05) is 0 Å². The van der Waals surface area contributed by atoms with Gasteiger partial charge in [-0.25, -0.2) is 9.97 Å². The number of nitriles is 1. The molecule has 0 saturated heterocycles. The molecular weight excluding hydrogens is 319 g/mol. The summed E-state index contributed by atoms with van der Waals surface area (Å²) < 4.78 is 39.9. The van der Waals surface area contributed by atoms with Crippen LogP contribution >= 0.6 is 0 Å². The highest BCUT2D eigenvalue weighted by atomic mass is 19.4. The van der Waals surface area contributed by atoms with Gasteiger partial charge in [-0.15, -0.1) is 0 Å². The third-order valence-electron chi connectivity index (χ3n) is 4.18. The second-order valence-corrected chi connectivity index (χ2v) is 5.96. The Bertz CT molecular complexity index is 775. The highest BCUT2D eigenvalue weighted by Gasteiger charge is 2.35. The minimum atomic E-state index is -4.41. The van der Waals surface area contributed by atoms with Crippen LogP contribution in [0.5, 0.6) is 0 Å². The maximum atomic E-state index is 12.8. The normalized spacial score (nSPS) is 17.2. The van der Waals surface area contributed by atoms with Crippen molar-refractivity contribution in [2.24, 2.45) is 5.92 Å². The highest BCUT2D eigenvalue weighted by Crippen LogP contribution is 2.31. The molecule has 2 aromatic rings. The summed E-state index contributed by atoms with van der Waals surface area (Å²) in [5.41, 5.74) is -0.346. The van der Waals surface area contributed by atoms with Crippen molar-refractivity contribution in [1.29, 1.82) is 5.26 Å². The second kappa shape index (κ2) is 6.15. The number of pyridine rings is 1. The topological polar surface area (TPSA) is 57.7 Å². The van der Waals surface area contributed by atoms with Crippen molar-refractivity contribution in [3.63, 3.8) is 0 Å². The lowest BCUT2D eigenvalue weighted by Crippen LogP contribution is -2.32. The SMILES string of the molecule is CN(C[C@@H]1CCc2nc(C(F)(F)F)cn2C1)c1ncccc1C#N. The Balaban J connectivity index is 1.72. The van der Waals surface area contributed by atoms with Crippen molar-refractivity contribution in [3.05, 3.63) is 41.6 Å². The quantitative estimate of drug-likeness (QED) is 0.865. The number of imidazole rings is 1. The number of aromatic nitrogens is 3. The van der Waals surface area contributed by atoms with E-state index in [9.17, 15) is 13.2 Å². The lowest BCUT2D eigenvalue weighted by molar-refractivity contribution is -0.141. The number of nitrogens with zero attached hydrogens (tertiary/aromatic N) is 5. The van der Waals surface area contributed by atoms with Crippen LogP contribution in [0.15, 0.2) is 24.5 Å². The van der Waals surface area contributed by atoms with Crippen molar-refractivity contribution >= 4 is 5.82 Å². The Morgan fingerprint density at radius 1 is 1.46 bits per heavy atom. The van der Waals surface area contributed by atoms with Crippen LogP contribution in [0.25, 0.3) is 0 Å². The van der Waals surface area contributed by atoms with Gasteiger partial charge in [-0.2, -0.15) is 18.4 Å². The monoisotopic (exact) mass is 335 g/mol. The van der Waals surface area contributed by atoms with Crippen LogP contribution in [-0.2, 0) is 19.1 Å². The van der Waals surface area contributed by atoms with E-state index in [4.69, 9.17) is 5.26 Å². The van der Waals surface area contributed by atoms with Crippen LogP contribution < -0.4 is 4.90 Å². The van der Waals surface area contributed by atoms with Gasteiger partial charge in [0.25, 0.3) is 0 Å². The molecule has 0 N–H and O–H groups in total. The fourth-order valence-electron chi connectivity index (χ4n) is 3.06. The van der Waals surface area contributed by atoms with Crippen LogP contribution in [0.1, 0.15) is 23.5 Å². The fraction of sp³-hybridized carbons (Fsp3) is 0.438. The molecule has 1 aliphatic heterocycles. The zero-order valence-corrected chi connectivity index (χ0v) is 13.1. The summed E-state index contributed by atoms with van der Waals surface area (Å²) in [4.78, 5) is 9.81. The summed E-state index contributed by atoms with van der Waals surface area (Å²) in [6.45, 7) is 1.10. The van der Waals surface area contributed by atoms with E-state index in [0.29, 0.717) is 36.7 Å². The van der Waals surface area contributed by atoms with E-state index in [2.05, 4.69) is 16.0 Å². The number of halogens is 3. The standard InChI is InChI=1S/C16H16F3N5/c1-23(15-12(7-20)3-2-6-21-15)8-11-4-5-14-22-13(16(17,18)19)10-24(14)9-11/h2-3,6,10-11H,4-5,8-9H2,1H3/t11-/m0/s1. The molecule has 0 aliphatic carbocycles. The maximum absolute atomic E-state index is 12.8. The Hall–Kier alpha value is -2.56. The highest BCUT2D eigenvalue weighted by molar-refractivity contribution is 5.52. The van der Waals surface area contributed by atoms with Gasteiger partial charge in [-0.3, -0.25) is 0 Å². The van der Waals surface area contributed by atoms with Crippen LogP contribution in [0.4, 0.5) is 19.0 Å². The predicted octanol–water partition coefficient (Wildman–Crippen LogP) is 2.87. The Labute approximate surface area is 137 Å². The first-order valence-corrected chi connectivity index (χ1v) is 7.58. The summed E-state index contributed by atoms with van der Waals surface area (Å²) in [5.74, 6) is 1.25. The van der Waals surface area contributed by atoms with Crippen LogP contribution in [0.2, 0.25) is 0 Å². The summed E-state index contributed by atoms with van der Waals surface area (Å²) >= 11 is 0. The van der Waals surface area contributed by atoms with Crippen molar-refractivity contribution in [2.45, 2.75) is 25.6 Å². The molecule has 1 atom stereocenters. The van der Waals surface area contributed by atoms with Crippen LogP contribution in [-0.4, -0.2) is 28.1 Å². The molecule has 24 heavy (non-hydrogen) atoms. The molecule has 3 rings (SSSR count). The largest absolute Gasteiger partial charge is 0.434 e. The van der Waals surface area contributed by atoms with Gasteiger partial charge in [0.1, 0.15) is 17.7 Å². The van der Waals surface area contributed by atoms with E-state index in [1.54, 1.807) is 22.9 Å². The van der Waals surface area contributed by atoms with E-state index in [1.165, 1.54) is 0 Å². The number of anilines is 1. The lowest BCUT2D eigenvalue weighted by Gasteiger charge is -2.29. The van der Waals surface area contributed by atoms with E-state index < -0.39 is 11.9 Å². The molecule has 0 aromatic carbocycles. The fourth-order valence-corrected chi connectivity index (χ4v) is 3.06. The van der Waals surface area contributed by atoms with Crippen LogP contribution in [0.3, 0.4) is 0 Å². The summed E-state index contributed by atoms with van der Waals surface area (Å²) in [6.07, 6.45) is -0.429. The van der Waals surface area contributed by atoms with Crippen LogP contribution in [0, 0.1) is 17.2 Å². The first-order valence-electron chi connectivity index (χ1n) is 7.58. The van der Waals surface area contributed by atoms with Crippen molar-refractivity contribution < 1.29 is 13.2 Å². The van der Waals surface area contributed by atoms with E-state index >= 15 is 0 Å². The average molecular weight is 335 g/mol. The number of hydrogen-bond acceptors (Lipinski definition) is 4. The number of hydrogen-bond donors (Lipinski definition) is 0. The molecule has 126 valence electrons. The van der Waals surface area contributed by atoms with Gasteiger partial charge in [0.05, 0.1) is 5.56 Å². The van der Waals surface area contributed by atoms with E-state index in [-0.39, 0.29) is 5.92 Å². The third-order valence-corrected chi connectivity index (χ3v) is 4.18. The van der Waals surface area contributed by atoms with Gasteiger partial charge in [0, 0.05) is 39.0 Å². The van der Waals surface area contributed by atoms with Crippen molar-refractivity contribution in [3.8, 4) is 6.07 Å². The molecule has 1 aliphatic rings. The average Bonchev–Trinajstić information content (AvgIpc) is 2.98. The molecule has 0 unspecified atom stereocenters. The molecule has 0 radical (unpaired) electrons. The predicted molar refractivity (Wildman–Crippen MR) is 81.3 cm³/mol. The first-order chi connectivity index (χ1) is 11.4. The Morgan fingerprint density at radius 3 is 2.96 bits per heavy atom. The molecule has 2 aromatic heterocycles. The number of alkyl halides is 3. The molecule has 5 nitrogen and oxygen atoms in total. The van der Waals surface area contributed by atoms with Gasteiger partial charge >= 0.3 is 6.18 Å². The third kappa shape index (κ3) is 3.20. The minimum absolute atomic E-state index is 0.173.